The SMILES string of the molecule is COc1ccc(C(N)c2cc(C(C)C)n[nH]c2=O)c(OC)c1. The summed E-state index contributed by atoms with van der Waals surface area (Å²) in [7, 11) is 3.14. The van der Waals surface area contributed by atoms with E-state index in [0.717, 1.165) is 11.3 Å². The molecule has 2 rings (SSSR count). The van der Waals surface area contributed by atoms with E-state index in [2.05, 4.69) is 10.2 Å². The molecule has 1 aromatic heterocycles. The van der Waals surface area contributed by atoms with Crippen LogP contribution in [0.15, 0.2) is 29.1 Å². The first kappa shape index (κ1) is 16.0. The van der Waals surface area contributed by atoms with E-state index in [4.69, 9.17) is 15.2 Å². The molecule has 3 N–H and O–H groups in total. The maximum atomic E-state index is 12.1. The molecule has 0 aliphatic rings. The normalized spacial score (nSPS) is 12.3. The van der Waals surface area contributed by atoms with Gasteiger partial charge < -0.3 is 15.2 Å². The van der Waals surface area contributed by atoms with E-state index in [1.165, 1.54) is 0 Å². The summed E-state index contributed by atoms with van der Waals surface area (Å²) >= 11 is 0. The Kier molecular flexibility index (Phi) is 4.82. The second-order valence-electron chi connectivity index (χ2n) is 5.32. The first-order chi connectivity index (χ1) is 10.5. The number of benzene rings is 1. The number of aromatic amines is 1. The minimum atomic E-state index is -0.606. The molecule has 0 spiro atoms. The molecular weight excluding hydrogens is 282 g/mol. The van der Waals surface area contributed by atoms with Gasteiger partial charge in [-0.3, -0.25) is 4.79 Å². The number of hydrogen-bond donors (Lipinski definition) is 2. The van der Waals surface area contributed by atoms with Gasteiger partial charge in [-0.05, 0) is 24.1 Å². The summed E-state index contributed by atoms with van der Waals surface area (Å²) in [5.74, 6) is 1.44. The highest BCUT2D eigenvalue weighted by Gasteiger charge is 2.19. The molecule has 0 saturated carbocycles. The van der Waals surface area contributed by atoms with Gasteiger partial charge >= 0.3 is 0 Å². The average molecular weight is 303 g/mol. The van der Waals surface area contributed by atoms with Gasteiger partial charge in [-0.25, -0.2) is 5.10 Å². The van der Waals surface area contributed by atoms with E-state index in [1.807, 2.05) is 13.8 Å². The van der Waals surface area contributed by atoms with E-state index in [0.29, 0.717) is 17.1 Å². The maximum Gasteiger partial charge on any atom is 0.269 e. The van der Waals surface area contributed by atoms with Crippen molar-refractivity contribution in [2.45, 2.75) is 25.8 Å². The van der Waals surface area contributed by atoms with Crippen LogP contribution in [0.25, 0.3) is 0 Å². The molecule has 0 amide bonds. The van der Waals surface area contributed by atoms with Crippen molar-refractivity contribution in [2.24, 2.45) is 5.73 Å². The Labute approximate surface area is 129 Å². The van der Waals surface area contributed by atoms with Crippen molar-refractivity contribution in [3.8, 4) is 11.5 Å². The topological polar surface area (TPSA) is 90.2 Å². The van der Waals surface area contributed by atoms with Gasteiger partial charge in [0.05, 0.1) is 26.0 Å². The molecule has 1 aromatic carbocycles. The molecule has 1 heterocycles. The summed E-state index contributed by atoms with van der Waals surface area (Å²) < 4.78 is 10.5. The molecule has 0 fully saturated rings. The van der Waals surface area contributed by atoms with Crippen LogP contribution in [-0.2, 0) is 0 Å². The summed E-state index contributed by atoms with van der Waals surface area (Å²) in [5, 5.41) is 6.55. The predicted molar refractivity (Wildman–Crippen MR) is 84.5 cm³/mol. The summed E-state index contributed by atoms with van der Waals surface area (Å²) in [6.45, 7) is 4.01. The van der Waals surface area contributed by atoms with Crippen LogP contribution in [0.5, 0.6) is 11.5 Å². The van der Waals surface area contributed by atoms with E-state index in [1.54, 1.807) is 38.5 Å². The third-order valence-corrected chi connectivity index (χ3v) is 3.55. The Bertz CT molecular complexity index is 710. The number of ether oxygens (including phenoxy) is 2. The van der Waals surface area contributed by atoms with Gasteiger partial charge in [0, 0.05) is 17.2 Å². The molecule has 1 atom stereocenters. The van der Waals surface area contributed by atoms with Crippen molar-refractivity contribution >= 4 is 0 Å². The Balaban J connectivity index is 2.50. The zero-order valence-electron chi connectivity index (χ0n) is 13.2. The van der Waals surface area contributed by atoms with Gasteiger partial charge in [0.25, 0.3) is 5.56 Å². The largest absolute Gasteiger partial charge is 0.497 e. The highest BCUT2D eigenvalue weighted by atomic mass is 16.5. The zero-order chi connectivity index (χ0) is 16.3. The van der Waals surface area contributed by atoms with Crippen molar-refractivity contribution < 1.29 is 9.47 Å². The van der Waals surface area contributed by atoms with Gasteiger partial charge in [0.15, 0.2) is 0 Å². The van der Waals surface area contributed by atoms with Crippen molar-refractivity contribution in [1.29, 1.82) is 0 Å². The lowest BCUT2D eigenvalue weighted by Gasteiger charge is -2.17. The number of nitrogens with one attached hydrogen (secondary N) is 1. The molecule has 0 aliphatic carbocycles. The number of rotatable bonds is 5. The van der Waals surface area contributed by atoms with Crippen LogP contribution in [0.4, 0.5) is 0 Å². The highest BCUT2D eigenvalue weighted by molar-refractivity contribution is 5.45. The lowest BCUT2D eigenvalue weighted by Crippen LogP contribution is -2.25. The lowest BCUT2D eigenvalue weighted by molar-refractivity contribution is 0.390. The maximum absolute atomic E-state index is 12.1. The average Bonchev–Trinajstić information content (AvgIpc) is 2.53. The summed E-state index contributed by atoms with van der Waals surface area (Å²) in [4.78, 5) is 12.1. The third-order valence-electron chi connectivity index (χ3n) is 3.55. The second kappa shape index (κ2) is 6.62. The van der Waals surface area contributed by atoms with Gasteiger partial charge in [-0.1, -0.05) is 13.8 Å². The smallest absolute Gasteiger partial charge is 0.269 e. The summed E-state index contributed by atoms with van der Waals surface area (Å²) in [5.41, 5.74) is 7.96. The fourth-order valence-corrected chi connectivity index (χ4v) is 2.21. The van der Waals surface area contributed by atoms with Crippen LogP contribution in [0.3, 0.4) is 0 Å². The van der Waals surface area contributed by atoms with Gasteiger partial charge in [-0.2, -0.15) is 5.10 Å². The number of H-pyrrole nitrogens is 1. The van der Waals surface area contributed by atoms with Gasteiger partial charge in [-0.15, -0.1) is 0 Å². The standard InChI is InChI=1S/C16H21N3O3/c1-9(2)13-8-12(16(20)19-18-13)15(17)11-6-5-10(21-3)7-14(11)22-4/h5-9,15H,17H2,1-4H3,(H,19,20). The fourth-order valence-electron chi connectivity index (χ4n) is 2.21. The molecule has 118 valence electrons. The summed E-state index contributed by atoms with van der Waals surface area (Å²) in [6.07, 6.45) is 0. The molecule has 1 unspecified atom stereocenters. The number of nitrogens with two attached hydrogens (primary N) is 1. The monoisotopic (exact) mass is 303 g/mol. The number of methoxy groups -OCH3 is 2. The lowest BCUT2D eigenvalue weighted by atomic mass is 9.98. The Morgan fingerprint density at radius 1 is 1.14 bits per heavy atom. The predicted octanol–water partition coefficient (Wildman–Crippen LogP) is 1.96. The number of nitrogens with zero attached hydrogens (tertiary/aromatic N) is 1. The van der Waals surface area contributed by atoms with E-state index in [9.17, 15) is 4.79 Å². The van der Waals surface area contributed by atoms with Crippen LogP contribution < -0.4 is 20.8 Å². The molecule has 0 bridgehead atoms. The van der Waals surface area contributed by atoms with Crippen LogP contribution in [-0.4, -0.2) is 24.4 Å². The molecular formula is C16H21N3O3. The van der Waals surface area contributed by atoms with Gasteiger partial charge in [0.1, 0.15) is 11.5 Å². The second-order valence-corrected chi connectivity index (χ2v) is 5.32. The molecule has 6 heteroatoms. The minimum absolute atomic E-state index is 0.195. The molecule has 0 saturated heterocycles. The minimum Gasteiger partial charge on any atom is -0.497 e. The van der Waals surface area contributed by atoms with Crippen LogP contribution in [0.1, 0.15) is 42.6 Å². The van der Waals surface area contributed by atoms with Crippen LogP contribution >= 0.6 is 0 Å². The van der Waals surface area contributed by atoms with E-state index in [-0.39, 0.29) is 11.5 Å². The first-order valence-corrected chi connectivity index (χ1v) is 7.05. The van der Waals surface area contributed by atoms with E-state index >= 15 is 0 Å². The number of hydrogen-bond acceptors (Lipinski definition) is 5. The molecule has 0 radical (unpaired) electrons. The van der Waals surface area contributed by atoms with Crippen molar-refractivity contribution in [3.63, 3.8) is 0 Å². The molecule has 0 aliphatic heterocycles. The Morgan fingerprint density at radius 2 is 1.86 bits per heavy atom. The molecule has 2 aromatic rings. The van der Waals surface area contributed by atoms with Gasteiger partial charge in [0.2, 0.25) is 0 Å². The molecule has 22 heavy (non-hydrogen) atoms. The quantitative estimate of drug-likeness (QED) is 0.881. The fraction of sp³-hybridized carbons (Fsp3) is 0.375. The Morgan fingerprint density at radius 3 is 2.45 bits per heavy atom. The van der Waals surface area contributed by atoms with E-state index < -0.39 is 6.04 Å². The third kappa shape index (κ3) is 3.12. The van der Waals surface area contributed by atoms with Crippen LogP contribution in [0, 0.1) is 0 Å². The van der Waals surface area contributed by atoms with Crippen molar-refractivity contribution in [1.82, 2.24) is 10.2 Å². The first-order valence-electron chi connectivity index (χ1n) is 7.05. The molecule has 6 nitrogen and oxygen atoms in total. The summed E-state index contributed by atoms with van der Waals surface area (Å²) in [6, 6.07) is 6.48. The van der Waals surface area contributed by atoms with Crippen LogP contribution in [0.2, 0.25) is 0 Å². The highest BCUT2D eigenvalue weighted by Crippen LogP contribution is 2.31. The Hall–Kier alpha value is -2.34. The zero-order valence-corrected chi connectivity index (χ0v) is 13.2. The number of aromatic nitrogens is 2. The van der Waals surface area contributed by atoms with Crippen molar-refractivity contribution in [2.75, 3.05) is 14.2 Å². The van der Waals surface area contributed by atoms with Crippen molar-refractivity contribution in [3.05, 3.63) is 51.4 Å².